The predicted molar refractivity (Wildman–Crippen MR) is 65.4 cm³/mol. The number of nitrogens with two attached hydrogens (primary N) is 1. The van der Waals surface area contributed by atoms with Crippen LogP contribution in [0.15, 0.2) is 4.99 Å². The SMILES string of the molecule is CC1N=C(C2CCC(C(=O)NN)CC2)NS1. The van der Waals surface area contributed by atoms with Crippen LogP contribution in [0.4, 0.5) is 0 Å². The molecule has 2 aliphatic rings. The Morgan fingerprint density at radius 3 is 2.69 bits per heavy atom. The Labute approximate surface area is 99.7 Å². The standard InChI is InChI=1S/C10H18N4OS/c1-6-12-9(14-16-6)7-2-4-8(5-3-7)10(15)13-11/h6-8H,2-5,11H2,1H3,(H,12,14)(H,13,15). The van der Waals surface area contributed by atoms with Gasteiger partial charge in [-0.1, -0.05) is 0 Å². The lowest BCUT2D eigenvalue weighted by molar-refractivity contribution is -0.126. The highest BCUT2D eigenvalue weighted by Crippen LogP contribution is 2.31. The molecule has 1 amide bonds. The first-order valence-corrected chi connectivity index (χ1v) is 6.58. The van der Waals surface area contributed by atoms with Gasteiger partial charge in [0.25, 0.3) is 0 Å². The molecule has 1 atom stereocenters. The average molecular weight is 242 g/mol. The van der Waals surface area contributed by atoms with Crippen molar-refractivity contribution in [1.82, 2.24) is 10.1 Å². The number of nitrogens with zero attached hydrogens (tertiary/aromatic N) is 1. The van der Waals surface area contributed by atoms with E-state index in [2.05, 4.69) is 22.1 Å². The Hall–Kier alpha value is -0.750. The number of hydrogen-bond donors (Lipinski definition) is 3. The molecule has 1 saturated carbocycles. The van der Waals surface area contributed by atoms with Crippen LogP contribution in [0.25, 0.3) is 0 Å². The van der Waals surface area contributed by atoms with E-state index in [1.165, 1.54) is 0 Å². The van der Waals surface area contributed by atoms with Crippen LogP contribution in [0.2, 0.25) is 0 Å². The Morgan fingerprint density at radius 2 is 2.19 bits per heavy atom. The maximum Gasteiger partial charge on any atom is 0.236 e. The quantitative estimate of drug-likeness (QED) is 0.289. The molecule has 1 fully saturated rings. The molecular formula is C10H18N4OS. The second-order valence-corrected chi connectivity index (χ2v) is 5.51. The number of amides is 1. The zero-order valence-corrected chi connectivity index (χ0v) is 10.2. The Balaban J connectivity index is 1.86. The lowest BCUT2D eigenvalue weighted by atomic mass is 9.81. The van der Waals surface area contributed by atoms with Crippen molar-refractivity contribution in [2.75, 3.05) is 0 Å². The molecule has 4 N–H and O–H groups in total. The zero-order valence-electron chi connectivity index (χ0n) is 9.40. The monoisotopic (exact) mass is 242 g/mol. The summed E-state index contributed by atoms with van der Waals surface area (Å²) in [6, 6.07) is 0. The fourth-order valence-electron chi connectivity index (χ4n) is 2.33. The molecule has 0 saturated heterocycles. The van der Waals surface area contributed by atoms with Gasteiger partial charge in [0.05, 0.1) is 0 Å². The number of nitrogens with one attached hydrogen (secondary N) is 2. The Morgan fingerprint density at radius 1 is 1.50 bits per heavy atom. The van der Waals surface area contributed by atoms with Crippen LogP contribution in [0.5, 0.6) is 0 Å². The first-order chi connectivity index (χ1) is 7.70. The summed E-state index contributed by atoms with van der Waals surface area (Å²) in [4.78, 5) is 15.9. The van der Waals surface area contributed by atoms with E-state index in [0.717, 1.165) is 31.5 Å². The van der Waals surface area contributed by atoms with Crippen LogP contribution in [-0.4, -0.2) is 17.1 Å². The Bertz CT molecular complexity index is 299. The topological polar surface area (TPSA) is 79.5 Å². The lowest BCUT2D eigenvalue weighted by Crippen LogP contribution is -2.38. The first kappa shape index (κ1) is 11.7. The minimum atomic E-state index is -0.0255. The van der Waals surface area contributed by atoms with Crippen molar-refractivity contribution in [3.8, 4) is 0 Å². The summed E-state index contributed by atoms with van der Waals surface area (Å²) in [5, 5.41) is 0.320. The minimum absolute atomic E-state index is 0.0255. The van der Waals surface area contributed by atoms with Gasteiger partial charge in [0.1, 0.15) is 11.2 Å². The van der Waals surface area contributed by atoms with Gasteiger partial charge in [0, 0.05) is 11.8 Å². The highest BCUT2D eigenvalue weighted by molar-refractivity contribution is 7.98. The van der Waals surface area contributed by atoms with Gasteiger partial charge in [-0.05, 0) is 44.6 Å². The molecule has 6 heteroatoms. The van der Waals surface area contributed by atoms with E-state index in [-0.39, 0.29) is 11.8 Å². The van der Waals surface area contributed by atoms with Gasteiger partial charge in [0.2, 0.25) is 5.91 Å². The molecule has 16 heavy (non-hydrogen) atoms. The average Bonchev–Trinajstić information content (AvgIpc) is 2.75. The molecule has 90 valence electrons. The third-order valence-corrected chi connectivity index (χ3v) is 4.06. The summed E-state index contributed by atoms with van der Waals surface area (Å²) >= 11 is 1.66. The number of hydrazine groups is 1. The van der Waals surface area contributed by atoms with Gasteiger partial charge in [-0.2, -0.15) is 0 Å². The summed E-state index contributed by atoms with van der Waals surface area (Å²) in [7, 11) is 0. The number of rotatable bonds is 2. The van der Waals surface area contributed by atoms with E-state index >= 15 is 0 Å². The molecule has 1 unspecified atom stereocenters. The second-order valence-electron chi connectivity index (χ2n) is 4.39. The second kappa shape index (κ2) is 5.05. The van der Waals surface area contributed by atoms with E-state index in [9.17, 15) is 4.79 Å². The maximum atomic E-state index is 11.4. The van der Waals surface area contributed by atoms with Crippen molar-refractivity contribution in [2.24, 2.45) is 22.7 Å². The highest BCUT2D eigenvalue weighted by atomic mass is 32.2. The van der Waals surface area contributed by atoms with Crippen LogP contribution in [-0.2, 0) is 4.79 Å². The number of aliphatic imine (C=N–C) groups is 1. The first-order valence-electron chi connectivity index (χ1n) is 5.70. The van der Waals surface area contributed by atoms with Crippen LogP contribution in [0.3, 0.4) is 0 Å². The minimum Gasteiger partial charge on any atom is -0.316 e. The van der Waals surface area contributed by atoms with Gasteiger partial charge < -0.3 is 4.72 Å². The molecule has 0 aromatic heterocycles. The van der Waals surface area contributed by atoms with E-state index in [0.29, 0.717) is 11.3 Å². The molecule has 2 rings (SSSR count). The van der Waals surface area contributed by atoms with E-state index < -0.39 is 0 Å². The molecule has 0 spiro atoms. The van der Waals surface area contributed by atoms with Crippen LogP contribution in [0.1, 0.15) is 32.6 Å². The predicted octanol–water partition coefficient (Wildman–Crippen LogP) is 0.779. The van der Waals surface area contributed by atoms with Crippen molar-refractivity contribution < 1.29 is 4.79 Å². The number of amidine groups is 1. The maximum absolute atomic E-state index is 11.4. The molecule has 0 radical (unpaired) electrons. The summed E-state index contributed by atoms with van der Waals surface area (Å²) in [5.41, 5.74) is 2.24. The van der Waals surface area contributed by atoms with Crippen molar-refractivity contribution in [3.05, 3.63) is 0 Å². The molecule has 0 bridgehead atoms. The third-order valence-electron chi connectivity index (χ3n) is 3.28. The molecule has 1 aliphatic carbocycles. The Kier molecular flexibility index (Phi) is 3.70. The smallest absolute Gasteiger partial charge is 0.236 e. The van der Waals surface area contributed by atoms with Gasteiger partial charge in [-0.25, -0.2) is 5.84 Å². The third kappa shape index (κ3) is 2.49. The summed E-state index contributed by atoms with van der Waals surface area (Å²) in [6.45, 7) is 2.08. The molecular weight excluding hydrogens is 224 g/mol. The summed E-state index contributed by atoms with van der Waals surface area (Å²) < 4.78 is 3.28. The molecule has 0 aromatic rings. The van der Waals surface area contributed by atoms with Gasteiger partial charge >= 0.3 is 0 Å². The van der Waals surface area contributed by atoms with Gasteiger partial charge in [-0.3, -0.25) is 15.2 Å². The van der Waals surface area contributed by atoms with Gasteiger partial charge in [-0.15, -0.1) is 0 Å². The van der Waals surface area contributed by atoms with E-state index in [1.54, 1.807) is 11.9 Å². The zero-order chi connectivity index (χ0) is 11.5. The van der Waals surface area contributed by atoms with Crippen molar-refractivity contribution >= 4 is 23.7 Å². The lowest BCUT2D eigenvalue weighted by Gasteiger charge is -2.27. The fourth-order valence-corrected chi connectivity index (χ4v) is 3.01. The van der Waals surface area contributed by atoms with Crippen molar-refractivity contribution in [3.63, 3.8) is 0 Å². The van der Waals surface area contributed by atoms with Crippen molar-refractivity contribution in [1.29, 1.82) is 0 Å². The van der Waals surface area contributed by atoms with Crippen LogP contribution >= 0.6 is 11.9 Å². The fraction of sp³-hybridized carbons (Fsp3) is 0.800. The van der Waals surface area contributed by atoms with Gasteiger partial charge in [0.15, 0.2) is 0 Å². The normalized spacial score (nSPS) is 34.1. The molecule has 1 aliphatic heterocycles. The highest BCUT2D eigenvalue weighted by Gasteiger charge is 2.30. The van der Waals surface area contributed by atoms with Crippen LogP contribution in [0, 0.1) is 11.8 Å². The largest absolute Gasteiger partial charge is 0.316 e. The molecule has 1 heterocycles. The molecule has 5 nitrogen and oxygen atoms in total. The summed E-state index contributed by atoms with van der Waals surface area (Å²) in [5.74, 6) is 6.82. The summed E-state index contributed by atoms with van der Waals surface area (Å²) in [6.07, 6.45) is 3.87. The number of carbonyl (C=O) groups is 1. The number of hydrogen-bond acceptors (Lipinski definition) is 5. The van der Waals surface area contributed by atoms with E-state index in [1.807, 2.05) is 0 Å². The van der Waals surface area contributed by atoms with Crippen LogP contribution < -0.4 is 16.0 Å². The van der Waals surface area contributed by atoms with E-state index in [4.69, 9.17) is 5.84 Å². The molecule has 0 aromatic carbocycles. The number of carbonyl (C=O) groups excluding carboxylic acids is 1. The van der Waals surface area contributed by atoms with Crippen molar-refractivity contribution in [2.45, 2.75) is 38.0 Å².